The summed E-state index contributed by atoms with van der Waals surface area (Å²) in [7, 11) is -2.51. The Labute approximate surface area is 183 Å². The molecule has 0 saturated heterocycles. The molecule has 2 rings (SSSR count). The molecule has 2 aromatic carbocycles. The van der Waals surface area contributed by atoms with Gasteiger partial charge in [0, 0.05) is 19.1 Å². The summed E-state index contributed by atoms with van der Waals surface area (Å²) in [5.41, 5.74) is 2.75. The zero-order valence-corrected chi connectivity index (χ0v) is 19.9. The maximum absolute atomic E-state index is 12.9. The topological polar surface area (TPSA) is 46.6 Å². The molecule has 0 aliphatic heterocycles. The molecule has 0 bridgehead atoms. The van der Waals surface area contributed by atoms with Gasteiger partial charge in [-0.15, -0.1) is 0 Å². The fraction of sp³-hybridized carbons (Fsp3) is 0.409. The predicted molar refractivity (Wildman–Crippen MR) is 121 cm³/mol. The van der Waals surface area contributed by atoms with Gasteiger partial charge in [0.15, 0.2) is 0 Å². The maximum Gasteiger partial charge on any atom is 0.243 e. The Balaban J connectivity index is 2.15. The van der Waals surface area contributed by atoms with Crippen molar-refractivity contribution in [1.82, 2.24) is 5.06 Å². The van der Waals surface area contributed by atoms with Crippen molar-refractivity contribution in [1.29, 1.82) is 0 Å². The lowest BCUT2D eigenvalue weighted by molar-refractivity contribution is -0.203. The molecule has 29 heavy (non-hydrogen) atoms. The summed E-state index contributed by atoms with van der Waals surface area (Å²) in [4.78, 5) is 18.1. The third kappa shape index (κ3) is 6.86. The molecule has 158 valence electrons. The first-order chi connectivity index (χ1) is 13.5. The number of benzene rings is 2. The van der Waals surface area contributed by atoms with Gasteiger partial charge in [-0.05, 0) is 56.9 Å². The highest BCUT2D eigenvalue weighted by molar-refractivity contribution is 7.62. The summed E-state index contributed by atoms with van der Waals surface area (Å²) in [5.74, 6) is -0.195. The quantitative estimate of drug-likeness (QED) is 0.321. The minimum absolute atomic E-state index is 0.195. The van der Waals surface area contributed by atoms with Crippen molar-refractivity contribution in [2.75, 3.05) is 19.9 Å². The summed E-state index contributed by atoms with van der Waals surface area (Å²) in [6.07, 6.45) is 0.209. The van der Waals surface area contributed by atoms with Crippen molar-refractivity contribution < 1.29 is 14.2 Å². The molecule has 0 aliphatic rings. The second-order valence-electron chi connectivity index (χ2n) is 7.69. The predicted octanol–water partition coefficient (Wildman–Crippen LogP) is 6.90. The van der Waals surface area contributed by atoms with E-state index >= 15 is 0 Å². The van der Waals surface area contributed by atoms with Crippen LogP contribution in [0.2, 0.25) is 10.0 Å². The van der Waals surface area contributed by atoms with Crippen LogP contribution in [0.15, 0.2) is 42.5 Å². The van der Waals surface area contributed by atoms with Crippen LogP contribution < -0.4 is 0 Å². The molecular weight excluding hydrogens is 428 g/mol. The number of nitrogens with zero attached hydrogens (tertiary/aromatic N) is 1. The summed E-state index contributed by atoms with van der Waals surface area (Å²) < 4.78 is 12.9. The molecule has 0 saturated carbocycles. The SMILES string of the molecule is CC(=O)N(CCC(c1ccc(Cl)c(Cl)c1)P(C)(C)=O)OC(C)c1ccc(C)cc1. The third-order valence-corrected chi connectivity index (χ3v) is 7.66. The number of hydrogen-bond donors (Lipinski definition) is 0. The summed E-state index contributed by atoms with van der Waals surface area (Å²) >= 11 is 12.2. The van der Waals surface area contributed by atoms with E-state index in [4.69, 9.17) is 28.0 Å². The van der Waals surface area contributed by atoms with Gasteiger partial charge in [-0.3, -0.25) is 9.63 Å². The molecule has 0 spiro atoms. The molecule has 0 aromatic heterocycles. The molecule has 7 heteroatoms. The molecule has 0 N–H and O–H groups in total. The van der Waals surface area contributed by atoms with Gasteiger partial charge < -0.3 is 4.57 Å². The van der Waals surface area contributed by atoms with Gasteiger partial charge in [-0.2, -0.15) is 0 Å². The number of aryl methyl sites for hydroxylation is 1. The van der Waals surface area contributed by atoms with Gasteiger partial charge in [0.1, 0.15) is 6.10 Å². The third-order valence-electron chi connectivity index (χ3n) is 4.87. The molecule has 2 aromatic rings. The van der Waals surface area contributed by atoms with Crippen LogP contribution in [-0.4, -0.2) is 30.8 Å². The number of amides is 1. The van der Waals surface area contributed by atoms with Crippen LogP contribution in [0.3, 0.4) is 0 Å². The summed E-state index contributed by atoms with van der Waals surface area (Å²) in [6.45, 7) is 9.20. The summed E-state index contributed by atoms with van der Waals surface area (Å²) in [5, 5.41) is 2.23. The Hall–Kier alpha value is -1.32. The van der Waals surface area contributed by atoms with Crippen molar-refractivity contribution in [2.45, 2.75) is 39.0 Å². The number of rotatable bonds is 8. The van der Waals surface area contributed by atoms with Crippen LogP contribution in [-0.2, 0) is 14.2 Å². The van der Waals surface area contributed by atoms with E-state index in [1.165, 1.54) is 12.0 Å². The molecule has 1 amide bonds. The van der Waals surface area contributed by atoms with Gasteiger partial charge >= 0.3 is 0 Å². The zero-order chi connectivity index (χ0) is 21.8. The molecule has 2 unspecified atom stereocenters. The van der Waals surface area contributed by atoms with Gasteiger partial charge in [0.2, 0.25) is 5.91 Å². The normalized spacial score (nSPS) is 13.8. The lowest BCUT2D eigenvalue weighted by Crippen LogP contribution is -2.32. The van der Waals surface area contributed by atoms with Crippen LogP contribution >= 0.6 is 30.3 Å². The smallest absolute Gasteiger partial charge is 0.243 e. The minimum Gasteiger partial charge on any atom is -0.323 e. The first-order valence-corrected chi connectivity index (χ1v) is 12.9. The van der Waals surface area contributed by atoms with Crippen LogP contribution in [0, 0.1) is 6.92 Å². The van der Waals surface area contributed by atoms with E-state index in [1.54, 1.807) is 25.5 Å². The second kappa shape index (κ2) is 10.1. The van der Waals surface area contributed by atoms with Crippen molar-refractivity contribution in [3.63, 3.8) is 0 Å². The number of hydrogen-bond acceptors (Lipinski definition) is 3. The zero-order valence-electron chi connectivity index (χ0n) is 17.5. The van der Waals surface area contributed by atoms with E-state index in [0.29, 0.717) is 23.0 Å². The molecule has 2 atom stereocenters. The monoisotopic (exact) mass is 455 g/mol. The lowest BCUT2D eigenvalue weighted by atomic mass is 10.1. The van der Waals surface area contributed by atoms with E-state index in [-0.39, 0.29) is 17.7 Å². The Bertz CT molecular complexity index is 895. The number of carbonyl (C=O) groups is 1. The molecule has 0 aliphatic carbocycles. The molecule has 0 fully saturated rings. The number of halogens is 2. The van der Waals surface area contributed by atoms with E-state index in [0.717, 1.165) is 16.7 Å². The van der Waals surface area contributed by atoms with Crippen molar-refractivity contribution >= 4 is 36.3 Å². The molecule has 0 radical (unpaired) electrons. The van der Waals surface area contributed by atoms with E-state index in [1.807, 2.05) is 44.2 Å². The second-order valence-corrected chi connectivity index (χ2v) is 12.0. The largest absolute Gasteiger partial charge is 0.323 e. The van der Waals surface area contributed by atoms with Crippen LogP contribution in [0.5, 0.6) is 0 Å². The highest BCUT2D eigenvalue weighted by Gasteiger charge is 2.27. The first kappa shape index (κ1) is 24.0. The minimum atomic E-state index is -2.51. The van der Waals surface area contributed by atoms with E-state index in [9.17, 15) is 9.36 Å². The Morgan fingerprint density at radius 1 is 1.07 bits per heavy atom. The Morgan fingerprint density at radius 3 is 2.17 bits per heavy atom. The Morgan fingerprint density at radius 2 is 1.66 bits per heavy atom. The molecule has 4 nitrogen and oxygen atoms in total. The van der Waals surface area contributed by atoms with E-state index < -0.39 is 7.14 Å². The molecular formula is C22H28Cl2NO3P. The highest BCUT2D eigenvalue weighted by Crippen LogP contribution is 2.55. The number of hydroxylamine groups is 2. The fourth-order valence-corrected chi connectivity index (χ4v) is 5.09. The van der Waals surface area contributed by atoms with Crippen molar-refractivity contribution in [3.05, 3.63) is 69.2 Å². The lowest BCUT2D eigenvalue weighted by Gasteiger charge is -2.28. The van der Waals surface area contributed by atoms with E-state index in [2.05, 4.69) is 0 Å². The highest BCUT2D eigenvalue weighted by atomic mass is 35.5. The number of carbonyl (C=O) groups excluding carboxylic acids is 1. The van der Waals surface area contributed by atoms with Crippen LogP contribution in [0.1, 0.15) is 48.7 Å². The summed E-state index contributed by atoms with van der Waals surface area (Å²) in [6, 6.07) is 13.3. The Kier molecular flexibility index (Phi) is 8.37. The first-order valence-electron chi connectivity index (χ1n) is 9.50. The van der Waals surface area contributed by atoms with Gasteiger partial charge in [-0.1, -0.05) is 59.1 Å². The van der Waals surface area contributed by atoms with Gasteiger partial charge in [0.05, 0.1) is 17.2 Å². The standard InChI is InChI=1S/C22H28Cl2NO3P/c1-15-6-8-18(9-7-15)16(2)28-25(17(3)26)13-12-22(29(4,5)27)19-10-11-20(23)21(24)14-19/h6-11,14,16,22H,12-13H2,1-5H3. The van der Waals surface area contributed by atoms with Crippen LogP contribution in [0.4, 0.5) is 0 Å². The van der Waals surface area contributed by atoms with Crippen molar-refractivity contribution in [2.24, 2.45) is 0 Å². The fourth-order valence-electron chi connectivity index (χ4n) is 3.17. The maximum atomic E-state index is 12.9. The molecule has 0 heterocycles. The van der Waals surface area contributed by atoms with Gasteiger partial charge in [-0.25, -0.2) is 5.06 Å². The average molecular weight is 456 g/mol. The van der Waals surface area contributed by atoms with Gasteiger partial charge in [0.25, 0.3) is 0 Å². The van der Waals surface area contributed by atoms with Crippen molar-refractivity contribution in [3.8, 4) is 0 Å². The average Bonchev–Trinajstić information content (AvgIpc) is 2.63. The van der Waals surface area contributed by atoms with Crippen LogP contribution in [0.25, 0.3) is 0 Å².